The van der Waals surface area contributed by atoms with Crippen LogP contribution in [0.5, 0.6) is 0 Å². The monoisotopic (exact) mass is 257 g/mol. The van der Waals surface area contributed by atoms with E-state index in [-0.39, 0.29) is 0 Å². The second-order valence-electron chi connectivity index (χ2n) is 4.59. The molecule has 0 fully saturated rings. The Labute approximate surface area is 113 Å². The molecule has 0 unspecified atom stereocenters. The minimum atomic E-state index is 0.660. The maximum Gasteiger partial charge on any atom is 0.155 e. The van der Waals surface area contributed by atoms with Crippen LogP contribution in [0.1, 0.15) is 28.5 Å². The normalized spacial score (nSPS) is 10.5. The second-order valence-corrected chi connectivity index (χ2v) is 4.59. The number of carbonyl (C=O) groups excluding carboxylic acids is 1. The van der Waals surface area contributed by atoms with Crippen LogP contribution in [-0.4, -0.2) is 22.6 Å². The molecule has 1 aromatic heterocycles. The van der Waals surface area contributed by atoms with Crippen molar-refractivity contribution in [3.63, 3.8) is 0 Å². The quantitative estimate of drug-likeness (QED) is 0.790. The van der Waals surface area contributed by atoms with Crippen molar-refractivity contribution in [2.75, 3.05) is 11.4 Å². The molecule has 1 aromatic carbocycles. The zero-order valence-corrected chi connectivity index (χ0v) is 11.8. The molecule has 0 aliphatic rings. The number of aldehydes is 1. The van der Waals surface area contributed by atoms with Crippen LogP contribution in [0.2, 0.25) is 0 Å². The van der Waals surface area contributed by atoms with E-state index in [1.807, 2.05) is 26.1 Å². The summed E-state index contributed by atoms with van der Waals surface area (Å²) in [6, 6.07) is 8.16. The van der Waals surface area contributed by atoms with Gasteiger partial charge in [0.2, 0.25) is 0 Å². The highest BCUT2D eigenvalue weighted by molar-refractivity contribution is 5.87. The summed E-state index contributed by atoms with van der Waals surface area (Å²) in [5, 5.41) is 4.35. The maximum atomic E-state index is 11.3. The first-order chi connectivity index (χ1) is 9.10. The molecule has 0 spiro atoms. The highest BCUT2D eigenvalue weighted by Crippen LogP contribution is 2.30. The minimum absolute atomic E-state index is 0.660. The van der Waals surface area contributed by atoms with Gasteiger partial charge in [0, 0.05) is 19.3 Å². The van der Waals surface area contributed by atoms with Crippen molar-refractivity contribution in [1.29, 1.82) is 0 Å². The van der Waals surface area contributed by atoms with Gasteiger partial charge in [0.1, 0.15) is 5.82 Å². The molecule has 0 radical (unpaired) electrons. The molecule has 4 heteroatoms. The number of aryl methyl sites for hydroxylation is 3. The lowest BCUT2D eigenvalue weighted by molar-refractivity contribution is 0.112. The molecule has 0 N–H and O–H groups in total. The molecule has 0 aliphatic heterocycles. The Morgan fingerprint density at radius 2 is 2.00 bits per heavy atom. The molecule has 0 amide bonds. The van der Waals surface area contributed by atoms with Gasteiger partial charge in [-0.2, -0.15) is 5.10 Å². The van der Waals surface area contributed by atoms with Crippen LogP contribution < -0.4 is 4.90 Å². The summed E-state index contributed by atoms with van der Waals surface area (Å²) in [4.78, 5) is 13.4. The summed E-state index contributed by atoms with van der Waals surface area (Å²) >= 11 is 0. The van der Waals surface area contributed by atoms with Crippen LogP contribution in [0.3, 0.4) is 0 Å². The highest BCUT2D eigenvalue weighted by Gasteiger charge is 2.20. The molecular formula is C15H19N3O. The summed E-state index contributed by atoms with van der Waals surface area (Å²) in [5.74, 6) is 0.851. The van der Waals surface area contributed by atoms with Gasteiger partial charge in [0.25, 0.3) is 0 Å². The van der Waals surface area contributed by atoms with Crippen molar-refractivity contribution in [2.24, 2.45) is 7.05 Å². The molecule has 2 aromatic rings. The smallest absolute Gasteiger partial charge is 0.155 e. The van der Waals surface area contributed by atoms with Crippen LogP contribution in [0, 0.1) is 13.8 Å². The van der Waals surface area contributed by atoms with E-state index in [9.17, 15) is 4.79 Å². The summed E-state index contributed by atoms with van der Waals surface area (Å²) in [6.45, 7) is 6.79. The number of hydrogen-bond donors (Lipinski definition) is 0. The Bertz CT molecular complexity index is 601. The lowest BCUT2D eigenvalue weighted by Gasteiger charge is -2.25. The third-order valence-electron chi connectivity index (χ3n) is 3.33. The molecule has 0 atom stereocenters. The number of para-hydroxylation sites is 1. The molecule has 0 saturated carbocycles. The number of carbonyl (C=O) groups is 1. The van der Waals surface area contributed by atoms with E-state index in [2.05, 4.69) is 36.0 Å². The Hall–Kier alpha value is -2.10. The van der Waals surface area contributed by atoms with Crippen LogP contribution in [0.15, 0.2) is 24.3 Å². The van der Waals surface area contributed by atoms with Crippen molar-refractivity contribution in [1.82, 2.24) is 9.78 Å². The second kappa shape index (κ2) is 5.26. The average Bonchev–Trinajstić information content (AvgIpc) is 2.67. The predicted octanol–water partition coefficient (Wildman–Crippen LogP) is 3.01. The Balaban J connectivity index is 2.61. The van der Waals surface area contributed by atoms with E-state index in [4.69, 9.17) is 0 Å². The number of rotatable bonds is 4. The van der Waals surface area contributed by atoms with E-state index in [1.54, 1.807) is 4.68 Å². The molecule has 2 rings (SSSR count). The van der Waals surface area contributed by atoms with Crippen molar-refractivity contribution < 1.29 is 4.79 Å². The third-order valence-corrected chi connectivity index (χ3v) is 3.33. The van der Waals surface area contributed by atoms with Gasteiger partial charge >= 0.3 is 0 Å². The largest absolute Gasteiger partial charge is 0.326 e. The summed E-state index contributed by atoms with van der Waals surface area (Å²) in [7, 11) is 1.87. The summed E-state index contributed by atoms with van der Waals surface area (Å²) in [6.07, 6.45) is 0.888. The number of nitrogens with zero attached hydrogens (tertiary/aromatic N) is 3. The maximum absolute atomic E-state index is 11.3. The SMILES string of the molecule is CCN(c1ccccc1C)c1c(C=O)c(C)nn1C. The predicted molar refractivity (Wildman–Crippen MR) is 77.2 cm³/mol. The van der Waals surface area contributed by atoms with Crippen molar-refractivity contribution in [2.45, 2.75) is 20.8 Å². The molecule has 0 bridgehead atoms. The Morgan fingerprint density at radius 1 is 1.32 bits per heavy atom. The van der Waals surface area contributed by atoms with Gasteiger partial charge in [-0.25, -0.2) is 0 Å². The van der Waals surface area contributed by atoms with Gasteiger partial charge in [-0.15, -0.1) is 0 Å². The first-order valence-electron chi connectivity index (χ1n) is 6.42. The van der Waals surface area contributed by atoms with Crippen LogP contribution in [0.25, 0.3) is 0 Å². The summed E-state index contributed by atoms with van der Waals surface area (Å²) < 4.78 is 1.77. The van der Waals surface area contributed by atoms with Gasteiger partial charge in [-0.05, 0) is 32.4 Å². The Kier molecular flexibility index (Phi) is 3.69. The van der Waals surface area contributed by atoms with Crippen molar-refractivity contribution in [3.8, 4) is 0 Å². The third kappa shape index (κ3) is 2.26. The fraction of sp³-hybridized carbons (Fsp3) is 0.333. The first kappa shape index (κ1) is 13.3. The van der Waals surface area contributed by atoms with Crippen LogP contribution >= 0.6 is 0 Å². The Morgan fingerprint density at radius 3 is 2.58 bits per heavy atom. The van der Waals surface area contributed by atoms with Gasteiger partial charge in [0.05, 0.1) is 11.3 Å². The molecule has 100 valence electrons. The fourth-order valence-corrected chi connectivity index (χ4v) is 2.42. The van der Waals surface area contributed by atoms with E-state index in [1.165, 1.54) is 5.56 Å². The number of hydrogen-bond acceptors (Lipinski definition) is 3. The number of benzene rings is 1. The fourth-order valence-electron chi connectivity index (χ4n) is 2.42. The zero-order valence-electron chi connectivity index (χ0n) is 11.8. The standard InChI is InChI=1S/C15H19N3O/c1-5-18(14-9-7-6-8-11(14)2)15-13(10-19)12(3)16-17(15)4/h6-10H,5H2,1-4H3. The van der Waals surface area contributed by atoms with Crippen molar-refractivity contribution >= 4 is 17.8 Å². The molecule has 0 saturated heterocycles. The highest BCUT2D eigenvalue weighted by atomic mass is 16.1. The van der Waals surface area contributed by atoms with E-state index >= 15 is 0 Å². The van der Waals surface area contributed by atoms with Gasteiger partial charge < -0.3 is 4.90 Å². The first-order valence-corrected chi connectivity index (χ1v) is 6.42. The average molecular weight is 257 g/mol. The van der Waals surface area contributed by atoms with E-state index in [0.29, 0.717) is 5.56 Å². The minimum Gasteiger partial charge on any atom is -0.326 e. The lowest BCUT2D eigenvalue weighted by atomic mass is 10.1. The van der Waals surface area contributed by atoms with Gasteiger partial charge in [-0.1, -0.05) is 18.2 Å². The van der Waals surface area contributed by atoms with Gasteiger partial charge in [-0.3, -0.25) is 9.48 Å². The van der Waals surface area contributed by atoms with E-state index < -0.39 is 0 Å². The topological polar surface area (TPSA) is 38.1 Å². The molecule has 1 heterocycles. The molecular weight excluding hydrogens is 238 g/mol. The summed E-state index contributed by atoms with van der Waals surface area (Å²) in [5.41, 5.74) is 3.71. The molecule has 0 aliphatic carbocycles. The zero-order chi connectivity index (χ0) is 14.0. The number of aromatic nitrogens is 2. The number of anilines is 2. The molecule has 4 nitrogen and oxygen atoms in total. The van der Waals surface area contributed by atoms with Gasteiger partial charge in [0.15, 0.2) is 6.29 Å². The van der Waals surface area contributed by atoms with Crippen LogP contribution in [0.4, 0.5) is 11.5 Å². The van der Waals surface area contributed by atoms with Crippen LogP contribution in [-0.2, 0) is 7.05 Å². The molecule has 19 heavy (non-hydrogen) atoms. The lowest BCUT2D eigenvalue weighted by Crippen LogP contribution is -2.21. The van der Waals surface area contributed by atoms with E-state index in [0.717, 1.165) is 30.0 Å². The van der Waals surface area contributed by atoms with Crippen molar-refractivity contribution in [3.05, 3.63) is 41.1 Å².